The fourth-order valence-corrected chi connectivity index (χ4v) is 5.21. The van der Waals surface area contributed by atoms with E-state index in [0.29, 0.717) is 67.7 Å². The lowest BCUT2D eigenvalue weighted by Gasteiger charge is -2.39. The number of ether oxygens (including phenoxy) is 3. The fourth-order valence-electron chi connectivity index (χ4n) is 5.21. The summed E-state index contributed by atoms with van der Waals surface area (Å²) in [5.41, 5.74) is 1.92. The number of hydrogen-bond acceptors (Lipinski definition) is 7. The number of anilines is 1. The van der Waals surface area contributed by atoms with Crippen molar-refractivity contribution < 1.29 is 28.5 Å². The van der Waals surface area contributed by atoms with Crippen LogP contribution in [-0.2, 0) is 22.7 Å². The number of halogens is 1. The molecule has 2 heterocycles. The van der Waals surface area contributed by atoms with Crippen molar-refractivity contribution in [2.45, 2.75) is 64.4 Å². The summed E-state index contributed by atoms with van der Waals surface area (Å²) in [6, 6.07) is 28.3. The van der Waals surface area contributed by atoms with Gasteiger partial charge in [0.15, 0.2) is 0 Å². The first-order valence-electron chi connectivity index (χ1n) is 14.9. The molecule has 0 radical (unpaired) electrons. The monoisotopic (exact) mass is 598 g/mol. The first-order valence-corrected chi connectivity index (χ1v) is 14.9. The van der Waals surface area contributed by atoms with Gasteiger partial charge in [-0.2, -0.15) is 4.98 Å². The highest BCUT2D eigenvalue weighted by Crippen LogP contribution is 2.36. The smallest absolute Gasteiger partial charge is 0.309 e. The zero-order valence-corrected chi connectivity index (χ0v) is 25.5. The molecule has 1 fully saturated rings. The van der Waals surface area contributed by atoms with E-state index in [0.717, 1.165) is 11.1 Å². The van der Waals surface area contributed by atoms with Crippen LogP contribution in [0.3, 0.4) is 0 Å². The zero-order chi connectivity index (χ0) is 31.2. The van der Waals surface area contributed by atoms with Gasteiger partial charge in [-0.3, -0.25) is 4.79 Å². The Labute approximate surface area is 258 Å². The van der Waals surface area contributed by atoms with Gasteiger partial charge in [0.25, 0.3) is 0 Å². The summed E-state index contributed by atoms with van der Waals surface area (Å²) in [5.74, 6) is -0.0699. The van der Waals surface area contributed by atoms with Crippen LogP contribution in [-0.4, -0.2) is 40.4 Å². The molecule has 0 bridgehead atoms. The molecular formula is C36H39FN2O5. The molecule has 0 amide bonds. The Kier molecular flexibility index (Phi) is 9.49. The Morgan fingerprint density at radius 3 is 2.09 bits per heavy atom. The van der Waals surface area contributed by atoms with E-state index in [1.807, 2.05) is 77.7 Å². The second kappa shape index (κ2) is 13.5. The van der Waals surface area contributed by atoms with E-state index in [9.17, 15) is 9.90 Å². The molecule has 3 aromatic carbocycles. The second-order valence-electron chi connectivity index (χ2n) is 12.2. The van der Waals surface area contributed by atoms with Crippen LogP contribution in [0.1, 0.15) is 51.2 Å². The van der Waals surface area contributed by atoms with Crippen LogP contribution in [0.4, 0.5) is 10.1 Å². The number of piperidine rings is 1. The van der Waals surface area contributed by atoms with E-state index in [1.54, 1.807) is 32.9 Å². The molecular weight excluding hydrogens is 559 g/mol. The normalized spacial score (nSPS) is 14.6. The van der Waals surface area contributed by atoms with Crippen LogP contribution < -0.4 is 14.4 Å². The maximum absolute atomic E-state index is 15.6. The predicted octanol–water partition coefficient (Wildman–Crippen LogP) is 7.11. The van der Waals surface area contributed by atoms with Gasteiger partial charge in [0.2, 0.25) is 11.8 Å². The van der Waals surface area contributed by atoms with Gasteiger partial charge in [-0.05, 0) is 68.5 Å². The Bertz CT molecular complexity index is 1550. The van der Waals surface area contributed by atoms with E-state index < -0.39 is 23.0 Å². The van der Waals surface area contributed by atoms with Crippen LogP contribution in [0.2, 0.25) is 0 Å². The van der Waals surface area contributed by atoms with Crippen molar-refractivity contribution in [2.24, 2.45) is 0 Å². The molecule has 8 heteroatoms. The van der Waals surface area contributed by atoms with Gasteiger partial charge in [-0.25, -0.2) is 4.39 Å². The van der Waals surface area contributed by atoms with Gasteiger partial charge in [0.1, 0.15) is 24.6 Å². The lowest BCUT2D eigenvalue weighted by Crippen LogP contribution is -2.46. The fraction of sp³-hybridized carbons (Fsp3) is 0.333. The van der Waals surface area contributed by atoms with E-state index in [4.69, 9.17) is 14.2 Å². The summed E-state index contributed by atoms with van der Waals surface area (Å²) in [4.78, 5) is 18.8. The number of aromatic nitrogens is 1. The van der Waals surface area contributed by atoms with Crippen LogP contribution >= 0.6 is 0 Å². The quantitative estimate of drug-likeness (QED) is 0.195. The number of rotatable bonds is 10. The number of carbonyl (C=O) groups is 1. The van der Waals surface area contributed by atoms with Crippen molar-refractivity contribution in [3.63, 3.8) is 0 Å². The topological polar surface area (TPSA) is 81.1 Å². The average molecular weight is 599 g/mol. The van der Waals surface area contributed by atoms with Crippen molar-refractivity contribution in [1.82, 2.24) is 4.98 Å². The highest BCUT2D eigenvalue weighted by Gasteiger charge is 2.36. The second-order valence-corrected chi connectivity index (χ2v) is 12.2. The third-order valence-electron chi connectivity index (χ3n) is 7.47. The molecule has 7 nitrogen and oxygen atoms in total. The molecule has 1 aliphatic rings. The lowest BCUT2D eigenvalue weighted by molar-refractivity contribution is -0.161. The largest absolute Gasteiger partial charge is 0.473 e. The Morgan fingerprint density at radius 2 is 1.50 bits per heavy atom. The highest BCUT2D eigenvalue weighted by molar-refractivity contribution is 5.72. The molecule has 0 saturated carbocycles. The first-order chi connectivity index (χ1) is 21.1. The summed E-state index contributed by atoms with van der Waals surface area (Å²) in [6.45, 7) is 6.87. The van der Waals surface area contributed by atoms with E-state index in [-0.39, 0.29) is 6.42 Å². The van der Waals surface area contributed by atoms with Gasteiger partial charge < -0.3 is 24.2 Å². The molecule has 1 saturated heterocycles. The van der Waals surface area contributed by atoms with Gasteiger partial charge in [-0.1, -0.05) is 66.7 Å². The summed E-state index contributed by atoms with van der Waals surface area (Å²) >= 11 is 0. The molecule has 0 atom stereocenters. The summed E-state index contributed by atoms with van der Waals surface area (Å²) in [5, 5.41) is 11.0. The van der Waals surface area contributed by atoms with Crippen LogP contribution in [0.25, 0.3) is 11.1 Å². The van der Waals surface area contributed by atoms with E-state index in [1.165, 1.54) is 6.07 Å². The molecule has 1 aromatic heterocycles. The third kappa shape index (κ3) is 8.35. The van der Waals surface area contributed by atoms with Crippen LogP contribution in [0.5, 0.6) is 11.8 Å². The molecule has 0 unspecified atom stereocenters. The summed E-state index contributed by atoms with van der Waals surface area (Å²) < 4.78 is 33.1. The number of benzene rings is 3. The molecule has 5 rings (SSSR count). The number of carbonyl (C=O) groups excluding carboxylic acids is 1. The van der Waals surface area contributed by atoms with Gasteiger partial charge in [0, 0.05) is 24.7 Å². The number of esters is 1. The van der Waals surface area contributed by atoms with Crippen molar-refractivity contribution in [3.8, 4) is 22.9 Å². The average Bonchev–Trinajstić information content (AvgIpc) is 2.99. The minimum Gasteiger partial charge on any atom is -0.473 e. The SMILES string of the molecule is CC(C)(C)OC(=O)CC1(O)CCN(c2ccc(-c3ccc(OCc4ccccc4)nc3OCc3ccccc3)cc2F)CC1. The molecule has 230 valence electrons. The zero-order valence-electron chi connectivity index (χ0n) is 25.5. The molecule has 4 aromatic rings. The van der Waals surface area contributed by atoms with Crippen molar-refractivity contribution in [2.75, 3.05) is 18.0 Å². The lowest BCUT2D eigenvalue weighted by atomic mass is 9.88. The Morgan fingerprint density at radius 1 is 0.886 bits per heavy atom. The predicted molar refractivity (Wildman–Crippen MR) is 168 cm³/mol. The van der Waals surface area contributed by atoms with Crippen LogP contribution in [0.15, 0.2) is 91.0 Å². The molecule has 1 aliphatic heterocycles. The highest BCUT2D eigenvalue weighted by atomic mass is 19.1. The summed E-state index contributed by atoms with van der Waals surface area (Å²) in [6.07, 6.45) is 0.585. The number of aliphatic hydroxyl groups is 1. The van der Waals surface area contributed by atoms with Crippen molar-refractivity contribution in [3.05, 3.63) is 108 Å². The summed E-state index contributed by atoms with van der Waals surface area (Å²) in [7, 11) is 0. The van der Waals surface area contributed by atoms with Crippen molar-refractivity contribution >= 4 is 11.7 Å². The molecule has 1 N–H and O–H groups in total. The van der Waals surface area contributed by atoms with Crippen LogP contribution in [0, 0.1) is 5.82 Å². The molecule has 44 heavy (non-hydrogen) atoms. The Hall–Kier alpha value is -4.43. The first kappa shape index (κ1) is 31.0. The van der Waals surface area contributed by atoms with Gasteiger partial charge >= 0.3 is 5.97 Å². The maximum Gasteiger partial charge on any atom is 0.309 e. The molecule has 0 aliphatic carbocycles. The van der Waals surface area contributed by atoms with Crippen molar-refractivity contribution in [1.29, 1.82) is 0 Å². The maximum atomic E-state index is 15.6. The minimum atomic E-state index is -1.17. The van der Waals surface area contributed by atoms with E-state index >= 15 is 4.39 Å². The van der Waals surface area contributed by atoms with Gasteiger partial charge in [0.05, 0.1) is 17.7 Å². The number of nitrogens with zero attached hydrogens (tertiary/aromatic N) is 2. The van der Waals surface area contributed by atoms with Gasteiger partial charge in [-0.15, -0.1) is 0 Å². The Balaban J connectivity index is 1.31. The standard InChI is InChI=1S/C36H39FN2O5/c1-35(2,3)44-33(40)23-36(41)18-20-39(21-19-36)31-16-14-28(22-30(31)37)29-15-17-32(42-24-26-10-6-4-7-11-26)38-34(29)43-25-27-12-8-5-9-13-27/h4-17,22,41H,18-21,23-25H2,1-3H3. The number of pyridine rings is 1. The number of hydrogen-bond donors (Lipinski definition) is 1. The third-order valence-corrected chi connectivity index (χ3v) is 7.47. The molecule has 0 spiro atoms. The minimum absolute atomic E-state index is 0.0800. The van der Waals surface area contributed by atoms with E-state index in [2.05, 4.69) is 4.98 Å².